The highest BCUT2D eigenvalue weighted by atomic mass is 32.2. The largest absolute Gasteiger partial charge is 0.325 e. The van der Waals surface area contributed by atoms with E-state index in [1.807, 2.05) is 24.3 Å². The fourth-order valence-corrected chi connectivity index (χ4v) is 6.21. The highest BCUT2D eigenvalue weighted by Crippen LogP contribution is 2.31. The minimum atomic E-state index is -3.81. The zero-order chi connectivity index (χ0) is 21.1. The van der Waals surface area contributed by atoms with Gasteiger partial charge in [0, 0.05) is 12.2 Å². The standard InChI is InChI=1S/C22H19N3O3S2/c23-12-11-16-7-9-19(10-8-16)24-22(26)20-14-17-4-1-2-5-18(17)15-25(20)30(27,28)21-6-3-13-29-21/h1-10,13,20H,11,14-15H2,(H,24,26)/t20-/m0/s1. The lowest BCUT2D eigenvalue weighted by molar-refractivity contribution is -0.120. The van der Waals surface area contributed by atoms with E-state index in [0.29, 0.717) is 18.5 Å². The van der Waals surface area contributed by atoms with Gasteiger partial charge in [-0.3, -0.25) is 4.79 Å². The van der Waals surface area contributed by atoms with Gasteiger partial charge >= 0.3 is 0 Å². The smallest absolute Gasteiger partial charge is 0.253 e. The summed E-state index contributed by atoms with van der Waals surface area (Å²) in [6.45, 7) is 0.148. The van der Waals surface area contributed by atoms with Crippen LogP contribution in [0.2, 0.25) is 0 Å². The minimum Gasteiger partial charge on any atom is -0.325 e. The first-order chi connectivity index (χ1) is 14.5. The number of carbonyl (C=O) groups excluding carboxylic acids is 1. The highest BCUT2D eigenvalue weighted by molar-refractivity contribution is 7.91. The van der Waals surface area contributed by atoms with Gasteiger partial charge in [0.1, 0.15) is 10.3 Å². The van der Waals surface area contributed by atoms with Crippen LogP contribution in [0.15, 0.2) is 70.3 Å². The van der Waals surface area contributed by atoms with E-state index < -0.39 is 16.1 Å². The van der Waals surface area contributed by atoms with E-state index in [0.717, 1.165) is 28.0 Å². The van der Waals surface area contributed by atoms with Crippen molar-refractivity contribution in [3.8, 4) is 6.07 Å². The number of nitrogens with one attached hydrogen (secondary N) is 1. The molecular formula is C22H19N3O3S2. The summed E-state index contributed by atoms with van der Waals surface area (Å²) in [5, 5.41) is 13.3. The Morgan fingerprint density at radius 1 is 1.10 bits per heavy atom. The number of nitrogens with zero attached hydrogens (tertiary/aromatic N) is 2. The summed E-state index contributed by atoms with van der Waals surface area (Å²) in [6, 6.07) is 19.1. The summed E-state index contributed by atoms with van der Waals surface area (Å²) in [4.78, 5) is 13.1. The van der Waals surface area contributed by atoms with E-state index in [-0.39, 0.29) is 16.7 Å². The fraction of sp³-hybridized carbons (Fsp3) is 0.182. The van der Waals surface area contributed by atoms with Gasteiger partial charge in [-0.2, -0.15) is 9.57 Å². The summed E-state index contributed by atoms with van der Waals surface area (Å²) < 4.78 is 28.1. The van der Waals surface area contributed by atoms with Gasteiger partial charge in [0.2, 0.25) is 5.91 Å². The molecule has 0 spiro atoms. The molecule has 2 aromatic carbocycles. The Balaban J connectivity index is 1.64. The van der Waals surface area contributed by atoms with Crippen LogP contribution >= 0.6 is 11.3 Å². The maximum absolute atomic E-state index is 13.3. The number of carbonyl (C=O) groups is 1. The Kier molecular flexibility index (Phi) is 5.68. The second-order valence-corrected chi connectivity index (χ2v) is 10.1. The third-order valence-electron chi connectivity index (χ3n) is 5.07. The average molecular weight is 438 g/mol. The molecular weight excluding hydrogens is 418 g/mol. The summed E-state index contributed by atoms with van der Waals surface area (Å²) in [6.07, 6.45) is 0.597. The first kappa shape index (κ1) is 20.3. The zero-order valence-electron chi connectivity index (χ0n) is 16.0. The molecule has 4 rings (SSSR count). The second kappa shape index (κ2) is 8.40. The van der Waals surface area contributed by atoms with Crippen LogP contribution in [0.4, 0.5) is 5.69 Å². The molecule has 30 heavy (non-hydrogen) atoms. The molecule has 0 aliphatic carbocycles. The SMILES string of the molecule is N#CCc1ccc(NC(=O)[C@@H]2Cc3ccccc3CN2S(=O)(=O)c2cccs2)cc1. The Morgan fingerprint density at radius 3 is 2.50 bits per heavy atom. The maximum Gasteiger partial charge on any atom is 0.253 e. The highest BCUT2D eigenvalue weighted by Gasteiger charge is 2.40. The Bertz CT molecular complexity index is 1200. The third kappa shape index (κ3) is 4.00. The number of thiophene rings is 1. The van der Waals surface area contributed by atoms with Crippen LogP contribution in [0.1, 0.15) is 16.7 Å². The summed E-state index contributed by atoms with van der Waals surface area (Å²) in [5.41, 5.74) is 3.29. The van der Waals surface area contributed by atoms with Gasteiger partial charge in [0.15, 0.2) is 0 Å². The van der Waals surface area contributed by atoms with E-state index >= 15 is 0 Å². The monoisotopic (exact) mass is 437 g/mol. The number of anilines is 1. The number of amides is 1. The van der Waals surface area contributed by atoms with Gasteiger partial charge in [0.25, 0.3) is 10.0 Å². The molecule has 1 aliphatic heterocycles. The predicted molar refractivity (Wildman–Crippen MR) is 115 cm³/mol. The quantitative estimate of drug-likeness (QED) is 0.661. The van der Waals surface area contributed by atoms with Gasteiger partial charge in [-0.15, -0.1) is 11.3 Å². The molecule has 0 radical (unpaired) electrons. The van der Waals surface area contributed by atoms with Crippen molar-refractivity contribution < 1.29 is 13.2 Å². The van der Waals surface area contributed by atoms with Crippen molar-refractivity contribution in [3.63, 3.8) is 0 Å². The molecule has 0 unspecified atom stereocenters. The first-order valence-corrected chi connectivity index (χ1v) is 11.7. The number of benzene rings is 2. The van der Waals surface area contributed by atoms with Gasteiger partial charge in [-0.05, 0) is 46.7 Å². The number of hydrogen-bond donors (Lipinski definition) is 1. The molecule has 0 bridgehead atoms. The molecule has 8 heteroatoms. The van der Waals surface area contributed by atoms with Gasteiger partial charge in [0.05, 0.1) is 12.5 Å². The number of fused-ring (bicyclic) bond motifs is 1. The lowest BCUT2D eigenvalue weighted by Gasteiger charge is -2.34. The lowest BCUT2D eigenvalue weighted by Crippen LogP contribution is -2.50. The van der Waals surface area contributed by atoms with Crippen LogP contribution in [0.3, 0.4) is 0 Å². The Labute approximate surface area is 179 Å². The van der Waals surface area contributed by atoms with E-state index in [1.54, 1.807) is 41.8 Å². The van der Waals surface area contributed by atoms with Crippen LogP contribution in [-0.4, -0.2) is 24.7 Å². The van der Waals surface area contributed by atoms with Crippen molar-refractivity contribution in [2.24, 2.45) is 0 Å². The molecule has 1 amide bonds. The molecule has 0 saturated heterocycles. The van der Waals surface area contributed by atoms with Gasteiger partial charge in [-0.1, -0.05) is 42.5 Å². The van der Waals surface area contributed by atoms with Crippen molar-refractivity contribution in [1.82, 2.24) is 4.31 Å². The van der Waals surface area contributed by atoms with E-state index in [1.165, 1.54) is 4.31 Å². The second-order valence-electron chi connectivity index (χ2n) is 6.99. The molecule has 152 valence electrons. The van der Waals surface area contributed by atoms with Crippen LogP contribution in [0.25, 0.3) is 0 Å². The fourth-order valence-electron chi connectivity index (χ4n) is 3.52. The summed E-state index contributed by atoms with van der Waals surface area (Å²) >= 11 is 1.14. The number of rotatable bonds is 5. The number of nitriles is 1. The summed E-state index contributed by atoms with van der Waals surface area (Å²) in [5.74, 6) is -0.377. The summed E-state index contributed by atoms with van der Waals surface area (Å²) in [7, 11) is -3.81. The Hall–Kier alpha value is -2.99. The maximum atomic E-state index is 13.3. The third-order valence-corrected chi connectivity index (χ3v) is 8.30. The first-order valence-electron chi connectivity index (χ1n) is 9.38. The van der Waals surface area contributed by atoms with E-state index in [2.05, 4.69) is 11.4 Å². The van der Waals surface area contributed by atoms with E-state index in [4.69, 9.17) is 5.26 Å². The van der Waals surface area contributed by atoms with E-state index in [9.17, 15) is 13.2 Å². The molecule has 3 aromatic rings. The van der Waals surface area contributed by atoms with Gasteiger partial charge in [-0.25, -0.2) is 8.42 Å². The molecule has 1 aromatic heterocycles. The van der Waals surface area contributed by atoms with Crippen molar-refractivity contribution in [2.45, 2.75) is 29.6 Å². The van der Waals surface area contributed by atoms with Crippen LogP contribution < -0.4 is 5.32 Å². The molecule has 0 saturated carbocycles. The lowest BCUT2D eigenvalue weighted by atomic mass is 9.95. The number of hydrogen-bond acceptors (Lipinski definition) is 5. The minimum absolute atomic E-state index is 0.148. The van der Waals surface area contributed by atoms with Crippen molar-refractivity contribution in [3.05, 3.63) is 82.7 Å². The normalized spacial score (nSPS) is 16.4. The molecule has 6 nitrogen and oxygen atoms in total. The van der Waals surface area contributed by atoms with Crippen LogP contribution in [0, 0.1) is 11.3 Å². The zero-order valence-corrected chi connectivity index (χ0v) is 17.6. The van der Waals surface area contributed by atoms with Crippen LogP contribution in [-0.2, 0) is 34.2 Å². The molecule has 1 atom stereocenters. The number of sulfonamides is 1. The Morgan fingerprint density at radius 2 is 1.83 bits per heavy atom. The van der Waals surface area contributed by atoms with Crippen molar-refractivity contribution >= 4 is 33.0 Å². The molecule has 1 N–H and O–H groups in total. The van der Waals surface area contributed by atoms with Crippen molar-refractivity contribution in [2.75, 3.05) is 5.32 Å². The van der Waals surface area contributed by atoms with Crippen LogP contribution in [0.5, 0.6) is 0 Å². The van der Waals surface area contributed by atoms with Gasteiger partial charge < -0.3 is 5.32 Å². The van der Waals surface area contributed by atoms with Crippen molar-refractivity contribution in [1.29, 1.82) is 5.26 Å². The topological polar surface area (TPSA) is 90.3 Å². The molecule has 0 fully saturated rings. The molecule has 2 heterocycles. The predicted octanol–water partition coefficient (Wildman–Crippen LogP) is 3.57. The molecule has 1 aliphatic rings. The average Bonchev–Trinajstić information content (AvgIpc) is 3.30.